The second-order valence-electron chi connectivity index (χ2n) is 10.9. The topological polar surface area (TPSA) is 98.1 Å². The summed E-state index contributed by atoms with van der Waals surface area (Å²) in [6.45, 7) is 3.98. The monoisotopic (exact) mass is 525 g/mol. The lowest BCUT2D eigenvalue weighted by Crippen LogP contribution is -2.75. The zero-order chi connectivity index (χ0) is 25.5. The normalized spacial score (nSPS) is 26.2. The van der Waals surface area contributed by atoms with Crippen molar-refractivity contribution in [2.24, 2.45) is 11.3 Å². The van der Waals surface area contributed by atoms with E-state index >= 15 is 0 Å². The third kappa shape index (κ3) is 4.71. The van der Waals surface area contributed by atoms with E-state index in [9.17, 15) is 14.9 Å². The first kappa shape index (κ1) is 25.0. The molecule has 2 aromatic rings. The van der Waals surface area contributed by atoms with E-state index in [4.69, 9.17) is 11.6 Å². The zero-order valence-corrected chi connectivity index (χ0v) is 22.3. The lowest BCUT2D eigenvalue weighted by molar-refractivity contribution is -0.146. The quantitative estimate of drug-likeness (QED) is 0.385. The molecule has 0 unspecified atom stereocenters. The Kier molecular flexibility index (Phi) is 6.73. The number of nitrogens with one attached hydrogen (secondary N) is 2. The molecule has 2 atom stereocenters. The Labute approximate surface area is 221 Å². The van der Waals surface area contributed by atoms with Gasteiger partial charge in [-0.25, -0.2) is 0 Å². The average molecular weight is 526 g/mol. The maximum Gasteiger partial charge on any atom is 0.243 e. The summed E-state index contributed by atoms with van der Waals surface area (Å²) in [5.41, 5.74) is 1.24. The van der Waals surface area contributed by atoms with E-state index < -0.39 is 6.04 Å². The van der Waals surface area contributed by atoms with Crippen LogP contribution < -0.4 is 15.5 Å². The molecule has 36 heavy (non-hydrogen) atoms. The molecule has 2 heterocycles. The molecule has 4 fully saturated rings. The summed E-state index contributed by atoms with van der Waals surface area (Å²) >= 11 is 7.64. The van der Waals surface area contributed by atoms with Gasteiger partial charge in [0.25, 0.3) is 0 Å². The Balaban J connectivity index is 1.32. The number of nitrogens with zero attached hydrogens (tertiary/aromatic N) is 3. The first-order valence-electron chi connectivity index (χ1n) is 12.7. The minimum absolute atomic E-state index is 0.0266. The first-order chi connectivity index (χ1) is 17.3. The molecule has 2 bridgehead atoms. The number of thiophene rings is 1. The number of hydrogen-bond acceptors (Lipinski definition) is 6. The highest BCUT2D eigenvalue weighted by Gasteiger charge is 2.69. The van der Waals surface area contributed by atoms with E-state index in [1.807, 2.05) is 25.1 Å². The smallest absolute Gasteiger partial charge is 0.243 e. The Morgan fingerprint density at radius 3 is 2.75 bits per heavy atom. The van der Waals surface area contributed by atoms with Crippen LogP contribution in [0.5, 0.6) is 0 Å². The summed E-state index contributed by atoms with van der Waals surface area (Å²) < 4.78 is 0. The van der Waals surface area contributed by atoms with E-state index in [1.165, 1.54) is 24.2 Å². The van der Waals surface area contributed by atoms with Crippen molar-refractivity contribution >= 4 is 45.9 Å². The van der Waals surface area contributed by atoms with Crippen LogP contribution in [0.1, 0.15) is 74.9 Å². The van der Waals surface area contributed by atoms with Crippen LogP contribution in [0, 0.1) is 29.6 Å². The molecule has 0 aromatic carbocycles. The van der Waals surface area contributed by atoms with Crippen molar-refractivity contribution in [3.05, 3.63) is 40.0 Å². The first-order valence-corrected chi connectivity index (χ1v) is 13.9. The molecule has 0 aliphatic heterocycles. The molecule has 2 aromatic heterocycles. The largest absolute Gasteiger partial charge is 0.376 e. The highest BCUT2D eigenvalue weighted by atomic mass is 35.5. The fourth-order valence-corrected chi connectivity index (χ4v) is 7.43. The number of amides is 2. The number of carbonyl (C=O) groups excluding carboxylic acids is 2. The molecule has 190 valence electrons. The number of nitriles is 1. The van der Waals surface area contributed by atoms with Crippen molar-refractivity contribution < 1.29 is 9.59 Å². The van der Waals surface area contributed by atoms with Gasteiger partial charge >= 0.3 is 0 Å². The molecule has 0 spiro atoms. The van der Waals surface area contributed by atoms with Crippen molar-refractivity contribution in [3.63, 3.8) is 0 Å². The summed E-state index contributed by atoms with van der Waals surface area (Å²) in [4.78, 5) is 32.9. The van der Waals surface area contributed by atoms with E-state index in [0.717, 1.165) is 59.8 Å². The lowest BCUT2D eigenvalue weighted by atomic mass is 9.40. The summed E-state index contributed by atoms with van der Waals surface area (Å²) in [5.74, 6) is 0.349. The lowest BCUT2D eigenvalue weighted by Gasteiger charge is -2.67. The zero-order valence-electron chi connectivity index (χ0n) is 20.7. The third-order valence-corrected chi connectivity index (χ3v) is 9.65. The average Bonchev–Trinajstić information content (AvgIpc) is 3.50. The third-order valence-electron chi connectivity index (χ3n) is 8.16. The van der Waals surface area contributed by atoms with Crippen LogP contribution in [0.4, 0.5) is 10.7 Å². The SMILES string of the molecule is Cc1ncc(Cl)cc1N[C@@H](C)c1ccc(N(C=O)[C@@H](CC2CCCC2)C(=O)NC23CC(C#N)(C2)C3)s1. The van der Waals surface area contributed by atoms with Gasteiger partial charge in [0.1, 0.15) is 6.04 Å². The molecule has 2 N–H and O–H groups in total. The molecule has 0 radical (unpaired) electrons. The van der Waals surface area contributed by atoms with Gasteiger partial charge < -0.3 is 10.6 Å². The van der Waals surface area contributed by atoms with Gasteiger partial charge in [-0.3, -0.25) is 19.5 Å². The number of anilines is 2. The second-order valence-corrected chi connectivity index (χ2v) is 12.5. The van der Waals surface area contributed by atoms with Crippen LogP contribution in [0.3, 0.4) is 0 Å². The molecule has 0 saturated heterocycles. The van der Waals surface area contributed by atoms with Gasteiger partial charge in [0.2, 0.25) is 12.3 Å². The van der Waals surface area contributed by atoms with Gasteiger partial charge in [-0.15, -0.1) is 11.3 Å². The maximum atomic E-state index is 13.6. The Hall–Kier alpha value is -2.63. The van der Waals surface area contributed by atoms with Gasteiger partial charge in [0.05, 0.1) is 38.9 Å². The molecule has 7 nitrogen and oxygen atoms in total. The second kappa shape index (κ2) is 9.68. The maximum absolute atomic E-state index is 13.6. The standard InChI is InChI=1S/C27H32ClN5O2S/c1-17-21(10-20(28)11-30-17)31-18(2)23-7-8-24(36-23)33(16-34)22(9-19-5-3-4-6-19)25(35)32-27-12-26(13-27,14-27)15-29/h7-8,10-11,16,18-19,22,31H,3-6,9,12-14H2,1-2H3,(H,32,35)/t18-,22-,26?,27?/m0/s1. The minimum atomic E-state index is -0.549. The summed E-state index contributed by atoms with van der Waals surface area (Å²) in [6.07, 6.45) is 9.83. The van der Waals surface area contributed by atoms with E-state index in [2.05, 4.69) is 28.6 Å². The predicted octanol–water partition coefficient (Wildman–Crippen LogP) is 5.75. The molecule has 9 heteroatoms. The van der Waals surface area contributed by atoms with Crippen LogP contribution in [0.2, 0.25) is 5.02 Å². The number of pyridine rings is 1. The highest BCUT2D eigenvalue weighted by molar-refractivity contribution is 7.16. The van der Waals surface area contributed by atoms with Crippen molar-refractivity contribution in [1.82, 2.24) is 10.3 Å². The van der Waals surface area contributed by atoms with Crippen LogP contribution in [-0.2, 0) is 9.59 Å². The van der Waals surface area contributed by atoms with E-state index in [0.29, 0.717) is 17.4 Å². The fourth-order valence-electron chi connectivity index (χ4n) is 6.24. The number of carbonyl (C=O) groups is 2. The molecule has 2 amide bonds. The number of hydrogen-bond donors (Lipinski definition) is 2. The summed E-state index contributed by atoms with van der Waals surface area (Å²) in [7, 11) is 0. The van der Waals surface area contributed by atoms with E-state index in [-0.39, 0.29) is 22.9 Å². The van der Waals surface area contributed by atoms with Crippen molar-refractivity contribution in [1.29, 1.82) is 5.26 Å². The Morgan fingerprint density at radius 1 is 1.36 bits per heavy atom. The van der Waals surface area contributed by atoms with Gasteiger partial charge in [-0.05, 0) is 63.6 Å². The molecular formula is C27H32ClN5O2S. The number of halogens is 1. The minimum Gasteiger partial charge on any atom is -0.376 e. The van der Waals surface area contributed by atoms with Gasteiger partial charge in [-0.2, -0.15) is 5.26 Å². The van der Waals surface area contributed by atoms with E-state index in [1.54, 1.807) is 11.1 Å². The van der Waals surface area contributed by atoms with Crippen molar-refractivity contribution in [2.45, 2.75) is 82.8 Å². The van der Waals surface area contributed by atoms with Crippen LogP contribution in [0.25, 0.3) is 0 Å². The summed E-state index contributed by atoms with van der Waals surface area (Å²) in [6, 6.07) is 7.61. The summed E-state index contributed by atoms with van der Waals surface area (Å²) in [5, 5.41) is 17.4. The molecular weight excluding hydrogens is 494 g/mol. The van der Waals surface area contributed by atoms with Gasteiger partial charge in [0.15, 0.2) is 0 Å². The highest BCUT2D eigenvalue weighted by Crippen LogP contribution is 2.66. The number of aryl methyl sites for hydroxylation is 1. The molecule has 4 saturated carbocycles. The predicted molar refractivity (Wildman–Crippen MR) is 142 cm³/mol. The van der Waals surface area contributed by atoms with Crippen LogP contribution in [-0.4, -0.2) is 28.9 Å². The molecule has 4 aliphatic carbocycles. The van der Waals surface area contributed by atoms with Gasteiger partial charge in [-0.1, -0.05) is 37.3 Å². The van der Waals surface area contributed by atoms with Crippen molar-refractivity contribution in [3.8, 4) is 6.07 Å². The van der Waals surface area contributed by atoms with Crippen molar-refractivity contribution in [2.75, 3.05) is 10.2 Å². The Bertz CT molecular complexity index is 1180. The van der Waals surface area contributed by atoms with Crippen LogP contribution >= 0.6 is 22.9 Å². The number of aromatic nitrogens is 1. The molecule has 4 aliphatic rings. The Morgan fingerprint density at radius 2 is 2.08 bits per heavy atom. The van der Waals surface area contributed by atoms with Crippen LogP contribution in [0.15, 0.2) is 24.4 Å². The fraction of sp³-hybridized carbons (Fsp3) is 0.556. The molecule has 6 rings (SSSR count). The number of rotatable bonds is 10. The van der Waals surface area contributed by atoms with Gasteiger partial charge in [0, 0.05) is 16.6 Å².